The Morgan fingerprint density at radius 2 is 1.80 bits per heavy atom. The first-order valence-corrected chi connectivity index (χ1v) is 4.01. The third kappa shape index (κ3) is 3.37. The molecule has 0 aromatic heterocycles. The van der Waals surface area contributed by atoms with E-state index in [4.69, 9.17) is 0 Å². The number of hydrogen-bond donors (Lipinski definition) is 0. The largest absolute Gasteiger partial charge is 0.147 e. The van der Waals surface area contributed by atoms with Crippen LogP contribution in [0.4, 0.5) is 0 Å². The number of halogens is 2. The molecule has 0 saturated heterocycles. The van der Waals surface area contributed by atoms with Crippen LogP contribution in [0.1, 0.15) is 20.3 Å². The zero-order chi connectivity index (χ0) is 6.15. The summed E-state index contributed by atoms with van der Waals surface area (Å²) in [6.45, 7) is 4.39. The van der Waals surface area contributed by atoms with Gasteiger partial charge in [-0.15, -0.1) is 24.8 Å². The summed E-state index contributed by atoms with van der Waals surface area (Å²) in [4.78, 5) is 0. The topological polar surface area (TPSA) is 0 Å². The van der Waals surface area contributed by atoms with Crippen molar-refractivity contribution in [2.75, 3.05) is 0 Å². The van der Waals surface area contributed by atoms with Crippen molar-refractivity contribution in [1.29, 1.82) is 0 Å². The standard InChI is InChI=1S/C7H9.2ClH.Zr/c1-6-3-4-7(2)5-6;;;/h5H,3H2,1-2H3;2*1H;. The normalized spacial score (nSPS) is 15.5. The van der Waals surface area contributed by atoms with Gasteiger partial charge >= 0.3 is 65.5 Å². The van der Waals surface area contributed by atoms with Crippen LogP contribution in [-0.4, -0.2) is 0 Å². The summed E-state index contributed by atoms with van der Waals surface area (Å²) < 4.78 is 1.62. The van der Waals surface area contributed by atoms with Gasteiger partial charge in [-0.2, -0.15) is 0 Å². The summed E-state index contributed by atoms with van der Waals surface area (Å²) in [6, 6.07) is 0. The third-order valence-corrected chi connectivity index (χ3v) is 2.80. The van der Waals surface area contributed by atoms with E-state index in [9.17, 15) is 0 Å². The van der Waals surface area contributed by atoms with Crippen LogP contribution in [0.3, 0.4) is 0 Å². The molecule has 10 heavy (non-hydrogen) atoms. The van der Waals surface area contributed by atoms with Gasteiger partial charge in [-0.1, -0.05) is 0 Å². The maximum absolute atomic E-state index is 2.28. The molecule has 0 aromatic rings. The van der Waals surface area contributed by atoms with Crippen molar-refractivity contribution in [2.24, 2.45) is 0 Å². The molecule has 57 valence electrons. The molecule has 0 heterocycles. The molecule has 1 aliphatic carbocycles. The molecular formula is C7H11Cl2Zr. The number of rotatable bonds is 0. The fourth-order valence-electron chi connectivity index (χ4n) is 0.926. The van der Waals surface area contributed by atoms with Crippen molar-refractivity contribution in [2.45, 2.75) is 20.3 Å². The summed E-state index contributed by atoms with van der Waals surface area (Å²) in [6.07, 6.45) is 3.52. The van der Waals surface area contributed by atoms with Crippen molar-refractivity contribution >= 4 is 24.8 Å². The first-order valence-electron chi connectivity index (χ1n) is 2.78. The monoisotopic (exact) mass is 255 g/mol. The van der Waals surface area contributed by atoms with Crippen LogP contribution in [0.2, 0.25) is 0 Å². The van der Waals surface area contributed by atoms with E-state index in [0.717, 1.165) is 0 Å². The average molecular weight is 257 g/mol. The van der Waals surface area contributed by atoms with Gasteiger partial charge < -0.3 is 0 Å². The van der Waals surface area contributed by atoms with Crippen LogP contribution >= 0.6 is 24.8 Å². The summed E-state index contributed by atoms with van der Waals surface area (Å²) in [5.41, 5.74) is 3.02. The Labute approximate surface area is 89.8 Å². The smallest absolute Gasteiger partial charge is 0.147 e. The fraction of sp³-hybridized carbons (Fsp3) is 0.429. The molecule has 1 aliphatic rings. The van der Waals surface area contributed by atoms with Crippen molar-refractivity contribution < 1.29 is 24.7 Å². The van der Waals surface area contributed by atoms with Crippen molar-refractivity contribution in [3.05, 3.63) is 20.5 Å². The molecule has 0 saturated carbocycles. The minimum Gasteiger partial charge on any atom is -0.147 e. The molecule has 0 spiro atoms. The average Bonchev–Trinajstić information content (AvgIpc) is 1.85. The molecule has 0 nitrogen and oxygen atoms in total. The Bertz CT molecular complexity index is 170. The van der Waals surface area contributed by atoms with Gasteiger partial charge in [0.15, 0.2) is 0 Å². The SMILES string of the molecule is CC1=CC(C)=[C]([Zr])C1.Cl.Cl. The van der Waals surface area contributed by atoms with Crippen LogP contribution < -0.4 is 0 Å². The molecule has 0 amide bonds. The Hall–Kier alpha value is 0.943. The fourth-order valence-corrected chi connectivity index (χ4v) is 1.79. The summed E-state index contributed by atoms with van der Waals surface area (Å²) in [7, 11) is 0. The van der Waals surface area contributed by atoms with Crippen molar-refractivity contribution in [1.82, 2.24) is 0 Å². The molecule has 1 rings (SSSR count). The molecule has 0 aliphatic heterocycles. The van der Waals surface area contributed by atoms with Crippen LogP contribution in [0.5, 0.6) is 0 Å². The first kappa shape index (κ1) is 13.5. The maximum atomic E-state index is 2.28. The zero-order valence-electron chi connectivity index (χ0n) is 6.10. The molecule has 0 aromatic carbocycles. The minimum atomic E-state index is 0. The summed E-state index contributed by atoms with van der Waals surface area (Å²) in [5, 5.41) is 0. The number of hydrogen-bond acceptors (Lipinski definition) is 0. The Kier molecular flexibility index (Phi) is 7.54. The van der Waals surface area contributed by atoms with Gasteiger partial charge in [0.05, 0.1) is 0 Å². The molecule has 0 unspecified atom stereocenters. The minimum absolute atomic E-state index is 0. The van der Waals surface area contributed by atoms with Gasteiger partial charge in [0.25, 0.3) is 0 Å². The maximum Gasteiger partial charge on any atom is -0.147 e. The van der Waals surface area contributed by atoms with E-state index in [1.807, 2.05) is 0 Å². The third-order valence-electron chi connectivity index (χ3n) is 1.39. The predicted molar refractivity (Wildman–Crippen MR) is 45.6 cm³/mol. The Morgan fingerprint density at radius 1 is 1.30 bits per heavy atom. The Morgan fingerprint density at radius 3 is 1.90 bits per heavy atom. The second-order valence-corrected chi connectivity index (χ2v) is 3.81. The molecule has 0 fully saturated rings. The Balaban J connectivity index is 0. The van der Waals surface area contributed by atoms with Crippen LogP contribution in [-0.2, 0) is 24.7 Å². The van der Waals surface area contributed by atoms with Gasteiger partial charge in [-0.05, 0) is 0 Å². The second kappa shape index (κ2) is 5.58. The second-order valence-electron chi connectivity index (χ2n) is 2.33. The van der Waals surface area contributed by atoms with E-state index in [-0.39, 0.29) is 24.8 Å². The van der Waals surface area contributed by atoms with Crippen molar-refractivity contribution in [3.63, 3.8) is 0 Å². The van der Waals surface area contributed by atoms with Gasteiger partial charge in [0.2, 0.25) is 0 Å². The van der Waals surface area contributed by atoms with E-state index in [0.29, 0.717) is 0 Å². The van der Waals surface area contributed by atoms with Gasteiger partial charge in [-0.3, -0.25) is 0 Å². The molecule has 0 atom stereocenters. The van der Waals surface area contributed by atoms with E-state index in [1.165, 1.54) is 17.6 Å². The van der Waals surface area contributed by atoms with E-state index in [2.05, 4.69) is 19.9 Å². The van der Waals surface area contributed by atoms with Gasteiger partial charge in [0, 0.05) is 0 Å². The van der Waals surface area contributed by atoms with E-state index < -0.39 is 0 Å². The van der Waals surface area contributed by atoms with Crippen molar-refractivity contribution in [3.8, 4) is 0 Å². The molecule has 3 heteroatoms. The molecular weight excluding hydrogens is 246 g/mol. The first-order chi connectivity index (χ1) is 3.70. The zero-order valence-corrected chi connectivity index (χ0v) is 10.2. The van der Waals surface area contributed by atoms with E-state index in [1.54, 1.807) is 28.0 Å². The predicted octanol–water partition coefficient (Wildman–Crippen LogP) is 3.00. The van der Waals surface area contributed by atoms with Crippen LogP contribution in [0.25, 0.3) is 0 Å². The molecule has 0 radical (unpaired) electrons. The van der Waals surface area contributed by atoms with Crippen LogP contribution in [0.15, 0.2) is 20.5 Å². The summed E-state index contributed by atoms with van der Waals surface area (Å²) >= 11 is 1.58. The van der Waals surface area contributed by atoms with Gasteiger partial charge in [0.1, 0.15) is 0 Å². The molecule has 0 N–H and O–H groups in total. The molecule has 0 bridgehead atoms. The number of allylic oxidation sites excluding steroid dienone is 4. The quantitative estimate of drug-likeness (QED) is 0.626. The van der Waals surface area contributed by atoms with Gasteiger partial charge in [-0.25, -0.2) is 0 Å². The summed E-state index contributed by atoms with van der Waals surface area (Å²) in [5.74, 6) is 0. The van der Waals surface area contributed by atoms with Crippen LogP contribution in [0, 0.1) is 0 Å². The van der Waals surface area contributed by atoms with E-state index >= 15 is 0 Å².